The van der Waals surface area contributed by atoms with Gasteiger partial charge in [0, 0.05) is 43.3 Å². The van der Waals surface area contributed by atoms with Gasteiger partial charge in [0.1, 0.15) is 17.3 Å². The van der Waals surface area contributed by atoms with Gasteiger partial charge in [0.05, 0.1) is 15.8 Å². The predicted octanol–water partition coefficient (Wildman–Crippen LogP) is 5.05. The lowest BCUT2D eigenvalue weighted by Crippen LogP contribution is -2.42. The number of H-pyrrole nitrogens is 1. The molecule has 4 heterocycles. The van der Waals surface area contributed by atoms with Gasteiger partial charge in [0.2, 0.25) is 10.0 Å². The van der Waals surface area contributed by atoms with Gasteiger partial charge in [-0.15, -0.1) is 0 Å². The van der Waals surface area contributed by atoms with E-state index in [4.69, 9.17) is 0 Å². The van der Waals surface area contributed by atoms with Crippen LogP contribution >= 0.6 is 0 Å². The molecule has 4 aromatic rings. The summed E-state index contributed by atoms with van der Waals surface area (Å²) in [4.78, 5) is 10.9. The molecule has 3 aromatic heterocycles. The summed E-state index contributed by atoms with van der Waals surface area (Å²) in [5.74, 6) is -0.131. The van der Waals surface area contributed by atoms with Gasteiger partial charge in [-0.05, 0) is 48.7 Å². The first kappa shape index (κ1) is 24.2. The molecule has 0 radical (unpaired) electrons. The Morgan fingerprint density at radius 2 is 1.69 bits per heavy atom. The average molecular weight is 520 g/mol. The molecule has 1 aromatic carbocycles. The van der Waals surface area contributed by atoms with E-state index in [1.165, 1.54) is 28.7 Å². The quantitative estimate of drug-likeness (QED) is 0.360. The zero-order valence-corrected chi connectivity index (χ0v) is 19.6. The molecule has 0 bridgehead atoms. The van der Waals surface area contributed by atoms with E-state index in [1.807, 2.05) is 0 Å². The lowest BCUT2D eigenvalue weighted by Gasteiger charge is -2.32. The number of nitrogens with one attached hydrogen (secondary N) is 2. The Hall–Kier alpha value is -3.51. The fraction of sp³-hybridized carbons (Fsp3) is 0.250. The van der Waals surface area contributed by atoms with Crippen molar-refractivity contribution >= 4 is 26.9 Å². The molecule has 7 nitrogen and oxygen atoms in total. The molecule has 1 aliphatic heterocycles. The van der Waals surface area contributed by atoms with Gasteiger partial charge in [0.15, 0.2) is 0 Å². The minimum atomic E-state index is -4.45. The van der Waals surface area contributed by atoms with Crippen LogP contribution in [0.5, 0.6) is 0 Å². The Morgan fingerprint density at radius 1 is 0.972 bits per heavy atom. The van der Waals surface area contributed by atoms with Crippen molar-refractivity contribution in [3.8, 4) is 11.1 Å². The maximum Gasteiger partial charge on any atom is 0.417 e. The summed E-state index contributed by atoms with van der Waals surface area (Å²) >= 11 is 0. The zero-order chi connectivity index (χ0) is 25.5. The van der Waals surface area contributed by atoms with Crippen molar-refractivity contribution in [3.05, 3.63) is 72.4 Å². The van der Waals surface area contributed by atoms with Crippen LogP contribution in [-0.4, -0.2) is 46.8 Å². The Bertz CT molecular complexity index is 1480. The highest BCUT2D eigenvalue weighted by molar-refractivity contribution is 7.89. The van der Waals surface area contributed by atoms with Crippen LogP contribution in [-0.2, 0) is 16.2 Å². The van der Waals surface area contributed by atoms with Gasteiger partial charge in [-0.2, -0.15) is 17.5 Å². The van der Waals surface area contributed by atoms with Crippen LogP contribution in [0.25, 0.3) is 22.2 Å². The van der Waals surface area contributed by atoms with Gasteiger partial charge in [-0.1, -0.05) is 12.1 Å². The molecule has 2 N–H and O–H groups in total. The molecular formula is C24H21F4N5O2S. The number of pyridine rings is 2. The number of hydrogen-bond acceptors (Lipinski definition) is 5. The summed E-state index contributed by atoms with van der Waals surface area (Å²) in [5, 5.41) is 3.42. The molecule has 0 saturated carbocycles. The summed E-state index contributed by atoms with van der Waals surface area (Å²) < 4.78 is 80.6. The monoisotopic (exact) mass is 519 g/mol. The second-order valence-electron chi connectivity index (χ2n) is 8.50. The van der Waals surface area contributed by atoms with E-state index in [9.17, 15) is 26.0 Å². The lowest BCUT2D eigenvalue weighted by atomic mass is 10.1. The van der Waals surface area contributed by atoms with Crippen LogP contribution in [0.4, 0.5) is 23.4 Å². The molecule has 0 unspecified atom stereocenters. The molecule has 0 spiro atoms. The molecule has 188 valence electrons. The number of piperidine rings is 1. The Labute approximate surface area is 204 Å². The average Bonchev–Trinajstić information content (AvgIpc) is 3.35. The lowest BCUT2D eigenvalue weighted by molar-refractivity contribution is -0.137. The van der Waals surface area contributed by atoms with Crippen LogP contribution in [0.1, 0.15) is 18.4 Å². The fourth-order valence-electron chi connectivity index (χ4n) is 4.23. The van der Waals surface area contributed by atoms with E-state index in [0.29, 0.717) is 35.3 Å². The van der Waals surface area contributed by atoms with Crippen molar-refractivity contribution in [1.29, 1.82) is 0 Å². The van der Waals surface area contributed by atoms with Crippen molar-refractivity contribution < 1.29 is 26.0 Å². The molecule has 1 aliphatic rings. The first-order valence-electron chi connectivity index (χ1n) is 11.1. The summed E-state index contributed by atoms with van der Waals surface area (Å²) in [6.45, 7) is 0.482. The van der Waals surface area contributed by atoms with Crippen molar-refractivity contribution in [1.82, 2.24) is 19.3 Å². The maximum absolute atomic E-state index is 14.8. The van der Waals surface area contributed by atoms with Gasteiger partial charge in [-0.3, -0.25) is 0 Å². The number of alkyl halides is 3. The van der Waals surface area contributed by atoms with E-state index in [1.54, 1.807) is 24.4 Å². The van der Waals surface area contributed by atoms with E-state index in [-0.39, 0.29) is 29.6 Å². The summed E-state index contributed by atoms with van der Waals surface area (Å²) in [7, 11) is -3.76. The third-order valence-corrected chi connectivity index (χ3v) is 8.13. The number of sulfonamides is 1. The molecular weight excluding hydrogens is 498 g/mol. The topological polar surface area (TPSA) is 91.0 Å². The number of nitrogens with zero attached hydrogens (tertiary/aromatic N) is 3. The van der Waals surface area contributed by atoms with Crippen LogP contribution in [0.2, 0.25) is 0 Å². The second-order valence-corrected chi connectivity index (χ2v) is 10.4. The predicted molar refractivity (Wildman–Crippen MR) is 126 cm³/mol. The fourth-order valence-corrected chi connectivity index (χ4v) is 5.70. The van der Waals surface area contributed by atoms with Crippen LogP contribution in [0, 0.1) is 5.82 Å². The molecule has 0 amide bonds. The first-order chi connectivity index (χ1) is 17.1. The number of rotatable bonds is 5. The van der Waals surface area contributed by atoms with E-state index < -0.39 is 27.6 Å². The third-order valence-electron chi connectivity index (χ3n) is 6.22. The minimum absolute atomic E-state index is 0.0955. The first-order valence-corrected chi connectivity index (χ1v) is 12.6. The van der Waals surface area contributed by atoms with Crippen LogP contribution in [0.15, 0.2) is 66.0 Å². The van der Waals surface area contributed by atoms with E-state index in [0.717, 1.165) is 12.3 Å². The zero-order valence-electron chi connectivity index (χ0n) is 18.8. The largest absolute Gasteiger partial charge is 0.417 e. The number of aromatic amines is 1. The minimum Gasteiger partial charge on any atom is -0.367 e. The number of fused-ring (bicyclic) bond motifs is 1. The van der Waals surface area contributed by atoms with Gasteiger partial charge in [-0.25, -0.2) is 22.8 Å². The van der Waals surface area contributed by atoms with Crippen molar-refractivity contribution in [2.45, 2.75) is 30.0 Å². The second kappa shape index (κ2) is 9.17. The molecule has 0 aliphatic carbocycles. The summed E-state index contributed by atoms with van der Waals surface area (Å²) in [6.07, 6.45) is 0.245. The number of halogens is 4. The molecule has 5 rings (SSSR count). The maximum atomic E-state index is 14.8. The van der Waals surface area contributed by atoms with Gasteiger partial charge < -0.3 is 10.3 Å². The van der Waals surface area contributed by atoms with Gasteiger partial charge >= 0.3 is 6.18 Å². The summed E-state index contributed by atoms with van der Waals surface area (Å²) in [5.41, 5.74) is 0.384. The van der Waals surface area contributed by atoms with E-state index >= 15 is 0 Å². The molecule has 12 heteroatoms. The molecule has 0 atom stereocenters. The Morgan fingerprint density at radius 3 is 2.33 bits per heavy atom. The molecule has 1 fully saturated rings. The van der Waals surface area contributed by atoms with Gasteiger partial charge in [0.25, 0.3) is 0 Å². The Kier molecular flexibility index (Phi) is 6.17. The number of hydrogen-bond donors (Lipinski definition) is 2. The number of anilines is 1. The third kappa shape index (κ3) is 4.65. The van der Waals surface area contributed by atoms with Crippen molar-refractivity contribution in [2.24, 2.45) is 0 Å². The van der Waals surface area contributed by atoms with Crippen molar-refractivity contribution in [3.63, 3.8) is 0 Å². The van der Waals surface area contributed by atoms with Crippen LogP contribution < -0.4 is 5.32 Å². The Balaban J connectivity index is 1.24. The smallest absolute Gasteiger partial charge is 0.367 e. The summed E-state index contributed by atoms with van der Waals surface area (Å²) in [6, 6.07) is 9.68. The van der Waals surface area contributed by atoms with Crippen LogP contribution in [0.3, 0.4) is 0 Å². The number of aromatic nitrogens is 3. The highest BCUT2D eigenvalue weighted by Gasteiger charge is 2.32. The van der Waals surface area contributed by atoms with E-state index in [2.05, 4.69) is 20.3 Å². The number of benzene rings is 1. The van der Waals surface area contributed by atoms with Crippen molar-refractivity contribution in [2.75, 3.05) is 18.4 Å². The standard InChI is InChI=1S/C24H21F4N5O2S/c25-22-19-7-10-29-23(19)31-14-20(22)15-1-4-18(5-2-15)36(34,35)33-11-8-17(9-12-33)32-21-6-3-16(13-30-21)24(26,27)28/h1-7,10,13-14,17H,8-9,11-12H2,(H,29,31)(H,30,32). The molecule has 1 saturated heterocycles. The molecule has 36 heavy (non-hydrogen) atoms. The SMILES string of the molecule is O=S(=O)(c1ccc(-c2cnc3[nH]ccc3c2F)cc1)N1CCC(Nc2ccc(C(F)(F)F)cn2)CC1. The highest BCUT2D eigenvalue weighted by Crippen LogP contribution is 2.31. The normalized spacial score (nSPS) is 15.9. The highest BCUT2D eigenvalue weighted by atomic mass is 32.2.